The van der Waals surface area contributed by atoms with Gasteiger partial charge in [0.2, 0.25) is 5.91 Å². The van der Waals surface area contributed by atoms with E-state index in [1.807, 2.05) is 13.8 Å². The second-order valence-corrected chi connectivity index (χ2v) is 11.1. The molecule has 2 aliphatic carbocycles. The van der Waals surface area contributed by atoms with Crippen molar-refractivity contribution in [1.29, 1.82) is 0 Å². The maximum atomic E-state index is 12.0. The molecular weight excluding hydrogens is 388 g/mol. The predicted molar refractivity (Wildman–Crippen MR) is 123 cm³/mol. The molecule has 1 amide bonds. The average Bonchev–Trinajstić information content (AvgIpc) is 3.52. The van der Waals surface area contributed by atoms with Crippen LogP contribution in [0.2, 0.25) is 0 Å². The molecular formula is C25H40N4O2. The molecule has 6 heteroatoms. The van der Waals surface area contributed by atoms with E-state index in [0.717, 1.165) is 38.8 Å². The first-order valence-electron chi connectivity index (χ1n) is 11.8. The molecule has 1 aromatic rings. The lowest BCUT2D eigenvalue weighted by Crippen LogP contribution is -2.56. The van der Waals surface area contributed by atoms with Crippen LogP contribution in [0.1, 0.15) is 57.9 Å². The van der Waals surface area contributed by atoms with E-state index in [1.54, 1.807) is 0 Å². The Labute approximate surface area is 187 Å². The number of primary amides is 1. The zero-order chi connectivity index (χ0) is 22.4. The summed E-state index contributed by atoms with van der Waals surface area (Å²) in [5.74, 6) is 0.388. The number of nitrogens with two attached hydrogens (primary N) is 1. The molecule has 4 rings (SSSR count). The fraction of sp³-hybridized carbons (Fsp3) is 0.720. The van der Waals surface area contributed by atoms with Gasteiger partial charge in [-0.05, 0) is 77.9 Å². The van der Waals surface area contributed by atoms with Crippen molar-refractivity contribution in [1.82, 2.24) is 14.7 Å². The summed E-state index contributed by atoms with van der Waals surface area (Å²) in [4.78, 5) is 18.8. The number of amides is 1. The summed E-state index contributed by atoms with van der Waals surface area (Å²) >= 11 is 0. The molecule has 0 aromatic heterocycles. The van der Waals surface area contributed by atoms with Crippen molar-refractivity contribution in [2.24, 2.45) is 17.1 Å². The van der Waals surface area contributed by atoms with Crippen molar-refractivity contribution < 1.29 is 9.90 Å². The minimum atomic E-state index is -0.663. The van der Waals surface area contributed by atoms with Crippen molar-refractivity contribution in [2.75, 3.05) is 33.7 Å². The average molecular weight is 429 g/mol. The first-order valence-corrected chi connectivity index (χ1v) is 11.8. The van der Waals surface area contributed by atoms with E-state index >= 15 is 0 Å². The maximum Gasteiger partial charge on any atom is 0.224 e. The molecule has 1 spiro atoms. The molecule has 1 heterocycles. The van der Waals surface area contributed by atoms with Gasteiger partial charge in [0.25, 0.3) is 0 Å². The van der Waals surface area contributed by atoms with Gasteiger partial charge in [-0.1, -0.05) is 30.3 Å². The Bertz CT molecular complexity index is 782. The zero-order valence-electron chi connectivity index (χ0n) is 19.7. The van der Waals surface area contributed by atoms with Gasteiger partial charge >= 0.3 is 0 Å². The molecule has 2 saturated carbocycles. The zero-order valence-corrected chi connectivity index (χ0v) is 19.7. The molecule has 3 aliphatic rings. The minimum absolute atomic E-state index is 0.0304. The number of hydrogen-bond acceptors (Lipinski definition) is 5. The number of carbonyl (C=O) groups excluding carboxylic acids is 1. The van der Waals surface area contributed by atoms with E-state index in [0.29, 0.717) is 12.5 Å². The second-order valence-electron chi connectivity index (χ2n) is 11.1. The summed E-state index contributed by atoms with van der Waals surface area (Å²) in [6, 6.07) is 10.9. The van der Waals surface area contributed by atoms with Gasteiger partial charge in [-0.25, -0.2) is 0 Å². The summed E-state index contributed by atoms with van der Waals surface area (Å²) < 4.78 is 0. The third kappa shape index (κ3) is 4.15. The van der Waals surface area contributed by atoms with E-state index in [1.165, 1.54) is 18.4 Å². The standard InChI is InChI=1S/C25H40N4O2/c1-23(2,21(26)30)17-28-18-24(29(22(28)31)16-19-10-11-19)12-14-25(15-13-24,27(3)4)20-8-6-5-7-9-20/h5-9,19,22,31H,10-18H2,1-4H3,(H2,26,30)/t22?,24-,25+. The van der Waals surface area contributed by atoms with Gasteiger partial charge in [0.1, 0.15) is 0 Å². The largest absolute Gasteiger partial charge is 0.369 e. The van der Waals surface area contributed by atoms with E-state index in [9.17, 15) is 9.90 Å². The Morgan fingerprint density at radius 2 is 1.77 bits per heavy atom. The smallest absolute Gasteiger partial charge is 0.224 e. The van der Waals surface area contributed by atoms with Gasteiger partial charge in [0.05, 0.1) is 5.41 Å². The maximum absolute atomic E-state index is 12.0. The number of nitrogens with zero attached hydrogens (tertiary/aromatic N) is 3. The van der Waals surface area contributed by atoms with Crippen molar-refractivity contribution in [3.8, 4) is 0 Å². The number of aliphatic hydroxyl groups is 1. The van der Waals surface area contributed by atoms with Gasteiger partial charge in [-0.2, -0.15) is 0 Å². The molecule has 3 N–H and O–H groups in total. The van der Waals surface area contributed by atoms with Crippen LogP contribution in [0.25, 0.3) is 0 Å². The van der Waals surface area contributed by atoms with Gasteiger partial charge < -0.3 is 10.8 Å². The summed E-state index contributed by atoms with van der Waals surface area (Å²) in [6.45, 7) is 6.01. The lowest BCUT2D eigenvalue weighted by Gasteiger charge is -2.51. The van der Waals surface area contributed by atoms with Gasteiger partial charge in [0, 0.05) is 30.7 Å². The predicted octanol–water partition coefficient (Wildman–Crippen LogP) is 2.57. The Balaban J connectivity index is 1.58. The minimum Gasteiger partial charge on any atom is -0.369 e. The first-order chi connectivity index (χ1) is 14.6. The quantitative estimate of drug-likeness (QED) is 0.698. The molecule has 6 nitrogen and oxygen atoms in total. The number of hydrogen-bond donors (Lipinski definition) is 2. The Morgan fingerprint density at radius 3 is 2.29 bits per heavy atom. The summed E-state index contributed by atoms with van der Waals surface area (Å²) in [5.41, 5.74) is 6.37. The first kappa shape index (κ1) is 22.7. The third-order valence-corrected chi connectivity index (χ3v) is 8.30. The molecule has 1 unspecified atom stereocenters. The van der Waals surface area contributed by atoms with E-state index in [2.05, 4.69) is 59.1 Å². The highest BCUT2D eigenvalue weighted by atomic mass is 16.3. The highest BCUT2D eigenvalue weighted by Gasteiger charge is 2.56. The lowest BCUT2D eigenvalue weighted by atomic mass is 9.68. The van der Waals surface area contributed by atoms with Crippen LogP contribution in [0.3, 0.4) is 0 Å². The fourth-order valence-electron chi connectivity index (χ4n) is 5.90. The highest BCUT2D eigenvalue weighted by molar-refractivity contribution is 5.80. The SMILES string of the molecule is CN(C)[C@]1(c2ccccc2)CC[C@]2(CC1)CN(CC(C)(C)C(N)=O)C(O)N2CC1CC1. The molecule has 172 valence electrons. The summed E-state index contributed by atoms with van der Waals surface area (Å²) in [7, 11) is 4.39. The van der Waals surface area contributed by atoms with Crippen LogP contribution in [0.4, 0.5) is 0 Å². The van der Waals surface area contributed by atoms with Crippen LogP contribution in [-0.4, -0.2) is 71.3 Å². The number of carbonyl (C=O) groups is 1. The molecule has 1 aliphatic heterocycles. The van der Waals surface area contributed by atoms with Crippen molar-refractivity contribution in [2.45, 2.75) is 69.8 Å². The summed E-state index contributed by atoms with van der Waals surface area (Å²) in [6.07, 6.45) is 6.09. The second kappa shape index (κ2) is 8.14. The van der Waals surface area contributed by atoms with Gasteiger partial charge in [-0.3, -0.25) is 19.5 Å². The molecule has 0 bridgehead atoms. The van der Waals surface area contributed by atoms with Crippen molar-refractivity contribution in [3.05, 3.63) is 35.9 Å². The lowest BCUT2D eigenvalue weighted by molar-refractivity contribution is -0.131. The van der Waals surface area contributed by atoms with Gasteiger partial charge in [-0.15, -0.1) is 0 Å². The van der Waals surface area contributed by atoms with E-state index < -0.39 is 11.8 Å². The van der Waals surface area contributed by atoms with Crippen LogP contribution in [0, 0.1) is 11.3 Å². The van der Waals surface area contributed by atoms with Crippen molar-refractivity contribution >= 4 is 5.91 Å². The topological polar surface area (TPSA) is 73.0 Å². The molecule has 0 radical (unpaired) electrons. The van der Waals surface area contributed by atoms with Crippen LogP contribution in [-0.2, 0) is 10.3 Å². The van der Waals surface area contributed by atoms with E-state index in [-0.39, 0.29) is 17.0 Å². The monoisotopic (exact) mass is 428 g/mol. The number of benzene rings is 1. The normalized spacial score (nSPS) is 32.8. The fourth-order valence-corrected chi connectivity index (χ4v) is 5.90. The highest BCUT2D eigenvalue weighted by Crippen LogP contribution is 2.50. The number of aliphatic hydroxyl groups excluding tert-OH is 1. The molecule has 3 fully saturated rings. The Kier molecular flexibility index (Phi) is 5.97. The molecule has 1 saturated heterocycles. The van der Waals surface area contributed by atoms with E-state index in [4.69, 9.17) is 5.73 Å². The van der Waals surface area contributed by atoms with Crippen LogP contribution >= 0.6 is 0 Å². The van der Waals surface area contributed by atoms with Crippen LogP contribution in [0.5, 0.6) is 0 Å². The van der Waals surface area contributed by atoms with Gasteiger partial charge in [0.15, 0.2) is 6.35 Å². The Hall–Kier alpha value is -1.47. The van der Waals surface area contributed by atoms with Crippen LogP contribution in [0.15, 0.2) is 30.3 Å². The van der Waals surface area contributed by atoms with Crippen LogP contribution < -0.4 is 5.73 Å². The van der Waals surface area contributed by atoms with Crippen molar-refractivity contribution in [3.63, 3.8) is 0 Å². The molecule has 31 heavy (non-hydrogen) atoms. The summed E-state index contributed by atoms with van der Waals surface area (Å²) in [5, 5.41) is 11.3. The Morgan fingerprint density at radius 1 is 1.16 bits per heavy atom. The molecule has 1 aromatic carbocycles. The third-order valence-electron chi connectivity index (χ3n) is 8.30. The molecule has 1 atom stereocenters. The number of rotatable bonds is 7.